The molecule has 0 radical (unpaired) electrons. The SMILES string of the molecule is CC(OC(=O)CSc1ccc(Br)cc1)C(=O)NCCc1ccc(F)cc1. The molecule has 26 heavy (non-hydrogen) atoms. The van der Waals surface area contributed by atoms with Gasteiger partial charge in [-0.3, -0.25) is 9.59 Å². The summed E-state index contributed by atoms with van der Waals surface area (Å²) in [7, 11) is 0. The average molecular weight is 440 g/mol. The fraction of sp³-hybridized carbons (Fsp3) is 0.263. The zero-order chi connectivity index (χ0) is 18.9. The lowest BCUT2D eigenvalue weighted by atomic mass is 10.1. The van der Waals surface area contributed by atoms with E-state index in [1.54, 1.807) is 12.1 Å². The third-order valence-corrected chi connectivity index (χ3v) is 4.99. The summed E-state index contributed by atoms with van der Waals surface area (Å²) in [6, 6.07) is 13.7. The highest BCUT2D eigenvalue weighted by molar-refractivity contribution is 9.10. The van der Waals surface area contributed by atoms with E-state index in [4.69, 9.17) is 4.74 Å². The quantitative estimate of drug-likeness (QED) is 0.499. The zero-order valence-corrected chi connectivity index (χ0v) is 16.6. The highest BCUT2D eigenvalue weighted by Crippen LogP contribution is 2.20. The van der Waals surface area contributed by atoms with Crippen LogP contribution in [0.5, 0.6) is 0 Å². The number of amides is 1. The van der Waals surface area contributed by atoms with E-state index in [0.29, 0.717) is 13.0 Å². The van der Waals surface area contributed by atoms with Gasteiger partial charge in [-0.15, -0.1) is 11.8 Å². The highest BCUT2D eigenvalue weighted by Gasteiger charge is 2.17. The summed E-state index contributed by atoms with van der Waals surface area (Å²) in [5, 5.41) is 2.71. The second-order valence-electron chi connectivity index (χ2n) is 5.54. The monoisotopic (exact) mass is 439 g/mol. The summed E-state index contributed by atoms with van der Waals surface area (Å²) in [6.07, 6.45) is -0.284. The van der Waals surface area contributed by atoms with Gasteiger partial charge < -0.3 is 10.1 Å². The minimum atomic E-state index is -0.860. The van der Waals surface area contributed by atoms with E-state index < -0.39 is 12.1 Å². The molecule has 1 atom stereocenters. The number of carbonyl (C=O) groups is 2. The Labute approximate surface area is 164 Å². The predicted octanol–water partition coefficient (Wildman–Crippen LogP) is 3.97. The van der Waals surface area contributed by atoms with E-state index in [2.05, 4.69) is 21.2 Å². The summed E-state index contributed by atoms with van der Waals surface area (Å²) >= 11 is 4.70. The molecule has 1 unspecified atom stereocenters. The van der Waals surface area contributed by atoms with Gasteiger partial charge >= 0.3 is 5.97 Å². The number of rotatable bonds is 8. The highest BCUT2D eigenvalue weighted by atomic mass is 79.9. The van der Waals surface area contributed by atoms with Crippen molar-refractivity contribution >= 4 is 39.6 Å². The molecule has 138 valence electrons. The molecule has 2 aromatic carbocycles. The van der Waals surface area contributed by atoms with E-state index in [9.17, 15) is 14.0 Å². The molecule has 2 aromatic rings. The zero-order valence-electron chi connectivity index (χ0n) is 14.2. The van der Waals surface area contributed by atoms with Gasteiger partial charge in [0.05, 0.1) is 5.75 Å². The Kier molecular flexibility index (Phi) is 8.12. The Morgan fingerprint density at radius 3 is 2.46 bits per heavy atom. The van der Waals surface area contributed by atoms with Crippen LogP contribution in [0, 0.1) is 5.82 Å². The molecule has 0 heterocycles. The molecule has 1 N–H and O–H groups in total. The Bertz CT molecular complexity index is 737. The van der Waals surface area contributed by atoms with Crippen LogP contribution in [0.25, 0.3) is 0 Å². The number of carbonyl (C=O) groups excluding carboxylic acids is 2. The molecular formula is C19H19BrFNO3S. The summed E-state index contributed by atoms with van der Waals surface area (Å²) in [5.41, 5.74) is 0.919. The molecule has 0 spiro atoms. The summed E-state index contributed by atoms with van der Waals surface area (Å²) in [5.74, 6) is -0.956. The number of halogens is 2. The summed E-state index contributed by atoms with van der Waals surface area (Å²) in [4.78, 5) is 24.8. The number of nitrogens with one attached hydrogen (secondary N) is 1. The molecule has 0 saturated heterocycles. The van der Waals surface area contributed by atoms with Crippen molar-refractivity contribution in [2.75, 3.05) is 12.3 Å². The third-order valence-electron chi connectivity index (χ3n) is 3.47. The second-order valence-corrected chi connectivity index (χ2v) is 7.51. The lowest BCUT2D eigenvalue weighted by Crippen LogP contribution is -2.37. The maximum atomic E-state index is 12.8. The van der Waals surface area contributed by atoms with Gasteiger partial charge in [-0.05, 0) is 55.3 Å². The van der Waals surface area contributed by atoms with E-state index in [0.717, 1.165) is 14.9 Å². The van der Waals surface area contributed by atoms with Crippen molar-refractivity contribution in [3.8, 4) is 0 Å². The molecule has 0 aliphatic carbocycles. The largest absolute Gasteiger partial charge is 0.452 e. The van der Waals surface area contributed by atoms with Crippen LogP contribution < -0.4 is 5.32 Å². The Morgan fingerprint density at radius 2 is 1.81 bits per heavy atom. The van der Waals surface area contributed by atoms with Crippen molar-refractivity contribution in [1.82, 2.24) is 5.32 Å². The minimum Gasteiger partial charge on any atom is -0.452 e. The molecule has 1 amide bonds. The first-order valence-electron chi connectivity index (χ1n) is 8.04. The lowest BCUT2D eigenvalue weighted by Gasteiger charge is -2.13. The summed E-state index contributed by atoms with van der Waals surface area (Å²) < 4.78 is 18.9. The average Bonchev–Trinajstić information content (AvgIpc) is 2.62. The van der Waals surface area contributed by atoms with Crippen LogP contribution in [-0.4, -0.2) is 30.3 Å². The number of hydrogen-bond donors (Lipinski definition) is 1. The summed E-state index contributed by atoms with van der Waals surface area (Å²) in [6.45, 7) is 1.93. The van der Waals surface area contributed by atoms with Crippen LogP contribution >= 0.6 is 27.7 Å². The lowest BCUT2D eigenvalue weighted by molar-refractivity contribution is -0.152. The molecule has 0 aliphatic heterocycles. The number of thioether (sulfide) groups is 1. The van der Waals surface area contributed by atoms with Gasteiger partial charge in [-0.1, -0.05) is 28.1 Å². The smallest absolute Gasteiger partial charge is 0.317 e. The first kappa shape index (κ1) is 20.5. The fourth-order valence-corrected chi connectivity index (χ4v) is 3.03. The van der Waals surface area contributed by atoms with Gasteiger partial charge in [0.2, 0.25) is 0 Å². The number of esters is 1. The van der Waals surface area contributed by atoms with Crippen LogP contribution in [0.4, 0.5) is 4.39 Å². The number of ether oxygens (including phenoxy) is 1. The van der Waals surface area contributed by atoms with Crippen molar-refractivity contribution in [2.24, 2.45) is 0 Å². The van der Waals surface area contributed by atoms with E-state index in [1.165, 1.54) is 30.8 Å². The molecule has 0 saturated carbocycles. The maximum absolute atomic E-state index is 12.8. The maximum Gasteiger partial charge on any atom is 0.317 e. The Hall–Kier alpha value is -1.86. The molecule has 0 aliphatic rings. The van der Waals surface area contributed by atoms with Gasteiger partial charge in [0.25, 0.3) is 5.91 Å². The van der Waals surface area contributed by atoms with Crippen LogP contribution in [0.2, 0.25) is 0 Å². The minimum absolute atomic E-state index is 0.134. The standard InChI is InChI=1S/C19H19BrFNO3S/c1-13(19(24)22-11-10-14-2-6-16(21)7-3-14)25-18(23)12-26-17-8-4-15(20)5-9-17/h2-9,13H,10-12H2,1H3,(H,22,24). The molecule has 7 heteroatoms. The van der Waals surface area contributed by atoms with E-state index in [1.807, 2.05) is 24.3 Å². The number of benzene rings is 2. The topological polar surface area (TPSA) is 55.4 Å². The first-order chi connectivity index (χ1) is 12.4. The van der Waals surface area contributed by atoms with Crippen molar-refractivity contribution in [2.45, 2.75) is 24.3 Å². The first-order valence-corrected chi connectivity index (χ1v) is 9.82. The number of hydrogen-bond acceptors (Lipinski definition) is 4. The van der Waals surface area contributed by atoms with Crippen molar-refractivity contribution in [3.63, 3.8) is 0 Å². The molecule has 0 aromatic heterocycles. The van der Waals surface area contributed by atoms with E-state index >= 15 is 0 Å². The fourth-order valence-electron chi connectivity index (χ4n) is 2.08. The molecule has 0 fully saturated rings. The van der Waals surface area contributed by atoms with Crippen molar-refractivity contribution < 1.29 is 18.7 Å². The predicted molar refractivity (Wildman–Crippen MR) is 104 cm³/mol. The van der Waals surface area contributed by atoms with Crippen LogP contribution in [0.3, 0.4) is 0 Å². The van der Waals surface area contributed by atoms with Gasteiger partial charge in [0.1, 0.15) is 5.82 Å². The molecule has 0 bridgehead atoms. The van der Waals surface area contributed by atoms with Crippen LogP contribution in [-0.2, 0) is 20.7 Å². The van der Waals surface area contributed by atoms with Gasteiger partial charge in [-0.2, -0.15) is 0 Å². The van der Waals surface area contributed by atoms with Gasteiger partial charge in [0.15, 0.2) is 6.10 Å². The second kappa shape index (κ2) is 10.3. The van der Waals surface area contributed by atoms with Crippen molar-refractivity contribution in [3.05, 3.63) is 64.4 Å². The van der Waals surface area contributed by atoms with Crippen molar-refractivity contribution in [1.29, 1.82) is 0 Å². The molecular weight excluding hydrogens is 421 g/mol. The van der Waals surface area contributed by atoms with Crippen LogP contribution in [0.1, 0.15) is 12.5 Å². The van der Waals surface area contributed by atoms with E-state index in [-0.39, 0.29) is 17.5 Å². The molecule has 2 rings (SSSR count). The van der Waals surface area contributed by atoms with Gasteiger partial charge in [0, 0.05) is 15.9 Å². The Morgan fingerprint density at radius 1 is 1.15 bits per heavy atom. The third kappa shape index (κ3) is 7.17. The Balaban J connectivity index is 1.67. The van der Waals surface area contributed by atoms with Gasteiger partial charge in [-0.25, -0.2) is 4.39 Å². The van der Waals surface area contributed by atoms with Crippen LogP contribution in [0.15, 0.2) is 57.9 Å². The molecule has 4 nitrogen and oxygen atoms in total. The normalized spacial score (nSPS) is 11.7.